The number of nitrogens with two attached hydrogens (primary N) is 2. The summed E-state index contributed by atoms with van der Waals surface area (Å²) in [5.74, 6) is 0. The second kappa shape index (κ2) is 9.60. The molecule has 0 spiro atoms. The van der Waals surface area contributed by atoms with E-state index in [1.165, 1.54) is 0 Å². The van der Waals surface area contributed by atoms with Crippen molar-refractivity contribution < 1.29 is 0 Å². The summed E-state index contributed by atoms with van der Waals surface area (Å²) in [6.45, 7) is 0. The fourth-order valence-electron chi connectivity index (χ4n) is 4.98. The van der Waals surface area contributed by atoms with Crippen LogP contribution in [-0.4, -0.2) is 19.9 Å². The molecule has 0 amide bonds. The van der Waals surface area contributed by atoms with Gasteiger partial charge in [0.05, 0.1) is 45.2 Å². The van der Waals surface area contributed by atoms with Crippen LogP contribution >= 0.6 is 0 Å². The van der Waals surface area contributed by atoms with Gasteiger partial charge in [0.15, 0.2) is 0 Å². The predicted octanol–water partition coefficient (Wildman–Crippen LogP) is 7.41. The molecule has 2 heterocycles. The van der Waals surface area contributed by atoms with Gasteiger partial charge in [-0.15, -0.1) is 0 Å². The summed E-state index contributed by atoms with van der Waals surface area (Å²) >= 11 is 0. The van der Waals surface area contributed by atoms with Gasteiger partial charge in [0.2, 0.25) is 0 Å². The first-order chi connectivity index (χ1) is 19.7. The molecule has 7 rings (SSSR count). The van der Waals surface area contributed by atoms with Crippen LogP contribution < -0.4 is 11.5 Å². The molecule has 40 heavy (non-hydrogen) atoms. The number of fused-ring (bicyclic) bond motifs is 2. The number of benzene rings is 5. The van der Waals surface area contributed by atoms with E-state index >= 15 is 0 Å². The van der Waals surface area contributed by atoms with Crippen molar-refractivity contribution in [2.45, 2.75) is 0 Å². The fraction of sp³-hybridized carbons (Fsp3) is 0. The van der Waals surface area contributed by atoms with Crippen molar-refractivity contribution in [1.82, 2.24) is 19.9 Å². The zero-order valence-corrected chi connectivity index (χ0v) is 21.5. The van der Waals surface area contributed by atoms with E-state index in [1.54, 1.807) is 0 Å². The Balaban J connectivity index is 1.41. The van der Waals surface area contributed by atoms with Gasteiger partial charge in [-0.25, -0.2) is 19.9 Å². The number of hydrogen-bond acceptors (Lipinski definition) is 6. The molecule has 0 aliphatic heterocycles. The van der Waals surface area contributed by atoms with Crippen LogP contribution in [0.4, 0.5) is 11.4 Å². The van der Waals surface area contributed by atoms with Crippen LogP contribution in [0, 0.1) is 0 Å². The molecule has 0 unspecified atom stereocenters. The standard InChI is InChI=1S/C34H24N6/c35-25-13-7-15-27-33(25)39-31(29(37-27)21-9-3-1-4-10-21)23-17-19-24(20-18-23)32-30(22-11-5-2-6-12-22)38-28-16-8-14-26(36)34(28)40-32/h1-20H,35-36H2. The van der Waals surface area contributed by atoms with Crippen molar-refractivity contribution in [2.75, 3.05) is 11.5 Å². The highest BCUT2D eigenvalue weighted by atomic mass is 14.9. The Kier molecular flexibility index (Phi) is 5.64. The maximum Gasteiger partial charge on any atom is 0.112 e. The van der Waals surface area contributed by atoms with E-state index in [0.717, 1.165) is 56.1 Å². The molecule has 0 fully saturated rings. The quantitative estimate of drug-likeness (QED) is 0.236. The normalized spacial score (nSPS) is 11.2. The number of nitrogens with zero attached hydrogens (tertiary/aromatic N) is 4. The van der Waals surface area contributed by atoms with E-state index in [9.17, 15) is 0 Å². The summed E-state index contributed by atoms with van der Waals surface area (Å²) in [7, 11) is 0. The van der Waals surface area contributed by atoms with Gasteiger partial charge in [-0.1, -0.05) is 97.1 Å². The van der Waals surface area contributed by atoms with Crippen LogP contribution in [0.1, 0.15) is 0 Å². The van der Waals surface area contributed by atoms with E-state index in [-0.39, 0.29) is 0 Å². The van der Waals surface area contributed by atoms with Crippen LogP contribution in [-0.2, 0) is 0 Å². The zero-order chi connectivity index (χ0) is 27.1. The van der Waals surface area contributed by atoms with Crippen molar-refractivity contribution in [1.29, 1.82) is 0 Å². The summed E-state index contributed by atoms with van der Waals surface area (Å²) in [4.78, 5) is 20.0. The van der Waals surface area contributed by atoms with Crippen molar-refractivity contribution in [3.63, 3.8) is 0 Å². The van der Waals surface area contributed by atoms with Crippen LogP contribution in [0.25, 0.3) is 67.1 Å². The van der Waals surface area contributed by atoms with Crippen molar-refractivity contribution >= 4 is 33.4 Å². The topological polar surface area (TPSA) is 104 Å². The first-order valence-electron chi connectivity index (χ1n) is 13.0. The van der Waals surface area contributed by atoms with Gasteiger partial charge in [-0.3, -0.25) is 0 Å². The van der Waals surface area contributed by atoms with E-state index in [0.29, 0.717) is 22.4 Å². The Bertz CT molecular complexity index is 1860. The highest BCUT2D eigenvalue weighted by Gasteiger charge is 2.17. The van der Waals surface area contributed by atoms with Crippen molar-refractivity contribution in [3.8, 4) is 45.0 Å². The summed E-state index contributed by atoms with van der Waals surface area (Å²) in [6, 6.07) is 39.7. The Labute approximate surface area is 231 Å². The zero-order valence-electron chi connectivity index (χ0n) is 21.5. The fourth-order valence-corrected chi connectivity index (χ4v) is 4.98. The molecule has 0 aliphatic carbocycles. The summed E-state index contributed by atoms with van der Waals surface area (Å²) < 4.78 is 0. The minimum absolute atomic E-state index is 0.596. The van der Waals surface area contributed by atoms with Crippen LogP contribution in [0.3, 0.4) is 0 Å². The summed E-state index contributed by atoms with van der Waals surface area (Å²) in [6.07, 6.45) is 0. The second-order valence-electron chi connectivity index (χ2n) is 9.58. The number of hydrogen-bond donors (Lipinski definition) is 2. The minimum Gasteiger partial charge on any atom is -0.397 e. The van der Waals surface area contributed by atoms with Gasteiger partial charge in [-0.05, 0) is 24.3 Å². The van der Waals surface area contributed by atoms with Crippen LogP contribution in [0.15, 0.2) is 121 Å². The van der Waals surface area contributed by atoms with Gasteiger partial charge < -0.3 is 11.5 Å². The predicted molar refractivity (Wildman–Crippen MR) is 163 cm³/mol. The molecule has 5 aromatic carbocycles. The molecular formula is C34H24N6. The summed E-state index contributed by atoms with van der Waals surface area (Å²) in [5.41, 5.74) is 23.6. The molecule has 6 heteroatoms. The molecule has 7 aromatic rings. The van der Waals surface area contributed by atoms with Gasteiger partial charge >= 0.3 is 0 Å². The van der Waals surface area contributed by atoms with E-state index in [1.807, 2.05) is 121 Å². The lowest BCUT2D eigenvalue weighted by Gasteiger charge is -2.14. The molecule has 0 saturated heterocycles. The van der Waals surface area contributed by atoms with Gasteiger partial charge in [-0.2, -0.15) is 0 Å². The molecule has 6 nitrogen and oxygen atoms in total. The number of anilines is 2. The highest BCUT2D eigenvalue weighted by Crippen LogP contribution is 2.36. The van der Waals surface area contributed by atoms with Crippen LogP contribution in [0.2, 0.25) is 0 Å². The molecule has 4 N–H and O–H groups in total. The highest BCUT2D eigenvalue weighted by molar-refractivity contribution is 5.94. The third-order valence-electron chi connectivity index (χ3n) is 6.98. The second-order valence-corrected chi connectivity index (χ2v) is 9.58. The third kappa shape index (κ3) is 4.08. The van der Waals surface area contributed by atoms with Gasteiger partial charge in [0, 0.05) is 22.3 Å². The maximum absolute atomic E-state index is 6.29. The Hall–Kier alpha value is -5.62. The van der Waals surface area contributed by atoms with Gasteiger partial charge in [0.25, 0.3) is 0 Å². The average Bonchev–Trinajstić information content (AvgIpc) is 3.01. The lowest BCUT2D eigenvalue weighted by Crippen LogP contribution is -1.99. The molecule has 190 valence electrons. The summed E-state index contributed by atoms with van der Waals surface area (Å²) in [5, 5.41) is 0. The molecular weight excluding hydrogens is 492 g/mol. The molecule has 0 atom stereocenters. The maximum atomic E-state index is 6.29. The smallest absolute Gasteiger partial charge is 0.112 e. The SMILES string of the molecule is Nc1cccc2nc(-c3ccccc3)c(-c3ccc(-c4nc5c(N)cccc5nc4-c4ccccc4)cc3)nc12. The number of rotatable bonds is 4. The molecule has 0 saturated carbocycles. The van der Waals surface area contributed by atoms with E-state index in [4.69, 9.17) is 31.4 Å². The van der Waals surface area contributed by atoms with Crippen LogP contribution in [0.5, 0.6) is 0 Å². The lowest BCUT2D eigenvalue weighted by atomic mass is 9.99. The minimum atomic E-state index is 0.596. The largest absolute Gasteiger partial charge is 0.397 e. The van der Waals surface area contributed by atoms with Crippen molar-refractivity contribution in [3.05, 3.63) is 121 Å². The number of nitrogen functional groups attached to an aromatic ring is 2. The first kappa shape index (κ1) is 23.5. The monoisotopic (exact) mass is 516 g/mol. The average molecular weight is 517 g/mol. The molecule has 0 bridgehead atoms. The third-order valence-corrected chi connectivity index (χ3v) is 6.98. The number of aromatic nitrogens is 4. The Morgan fingerprint density at radius 2 is 0.675 bits per heavy atom. The lowest BCUT2D eigenvalue weighted by molar-refractivity contribution is 1.28. The van der Waals surface area contributed by atoms with E-state index < -0.39 is 0 Å². The number of para-hydroxylation sites is 2. The molecule has 0 radical (unpaired) electrons. The molecule has 2 aromatic heterocycles. The molecule has 0 aliphatic rings. The Morgan fingerprint density at radius 1 is 0.325 bits per heavy atom. The Morgan fingerprint density at radius 3 is 1.07 bits per heavy atom. The first-order valence-corrected chi connectivity index (χ1v) is 13.0. The van der Waals surface area contributed by atoms with Gasteiger partial charge in [0.1, 0.15) is 11.0 Å². The van der Waals surface area contributed by atoms with E-state index in [2.05, 4.69) is 0 Å². The van der Waals surface area contributed by atoms with Crippen molar-refractivity contribution in [2.24, 2.45) is 0 Å².